The summed E-state index contributed by atoms with van der Waals surface area (Å²) in [6.07, 6.45) is 0. The zero-order valence-corrected chi connectivity index (χ0v) is 12.7. The second kappa shape index (κ2) is 6.68. The molecule has 0 aliphatic rings. The third-order valence-electron chi connectivity index (χ3n) is 3.66. The molecule has 0 saturated heterocycles. The van der Waals surface area contributed by atoms with E-state index >= 15 is 0 Å². The molecular weight excluding hydrogens is 280 g/mol. The van der Waals surface area contributed by atoms with E-state index in [9.17, 15) is 15.2 Å². The summed E-state index contributed by atoms with van der Waals surface area (Å²) in [4.78, 5) is 10.6. The molecular formula is C17H20N2O3. The van der Waals surface area contributed by atoms with Gasteiger partial charge in [-0.05, 0) is 25.0 Å². The van der Waals surface area contributed by atoms with E-state index in [1.807, 2.05) is 36.4 Å². The normalized spacial score (nSPS) is 13.6. The van der Waals surface area contributed by atoms with Crippen LogP contribution in [-0.2, 0) is 12.1 Å². The molecule has 2 aromatic carbocycles. The number of hydrogen-bond acceptors (Lipinski definition) is 4. The minimum Gasteiger partial charge on any atom is -0.384 e. The SMILES string of the molecule is Cc1ccc(CNCC(C)(O)c2ccccc2)cc1[N+](=O)[O-]. The minimum absolute atomic E-state index is 0.120. The Morgan fingerprint density at radius 2 is 1.91 bits per heavy atom. The molecule has 2 aromatic rings. The molecule has 2 rings (SSSR count). The lowest BCUT2D eigenvalue weighted by atomic mass is 9.96. The molecule has 2 N–H and O–H groups in total. The predicted octanol–water partition coefficient (Wildman–Crippen LogP) is 2.90. The fraction of sp³-hybridized carbons (Fsp3) is 0.294. The summed E-state index contributed by atoms with van der Waals surface area (Å²) >= 11 is 0. The smallest absolute Gasteiger partial charge is 0.272 e. The molecule has 5 heteroatoms. The van der Waals surface area contributed by atoms with E-state index in [2.05, 4.69) is 5.32 Å². The second-order valence-electron chi connectivity index (χ2n) is 5.62. The lowest BCUT2D eigenvalue weighted by Gasteiger charge is -2.24. The summed E-state index contributed by atoms with van der Waals surface area (Å²) in [6.45, 7) is 4.28. The lowest BCUT2D eigenvalue weighted by molar-refractivity contribution is -0.385. The number of hydrogen-bond donors (Lipinski definition) is 2. The van der Waals surface area contributed by atoms with Crippen molar-refractivity contribution in [2.45, 2.75) is 26.0 Å². The Hall–Kier alpha value is -2.24. The Labute approximate surface area is 129 Å². The van der Waals surface area contributed by atoms with E-state index < -0.39 is 5.60 Å². The fourth-order valence-electron chi connectivity index (χ4n) is 2.31. The van der Waals surface area contributed by atoms with Gasteiger partial charge in [0.05, 0.1) is 10.5 Å². The fourth-order valence-corrected chi connectivity index (χ4v) is 2.31. The van der Waals surface area contributed by atoms with Gasteiger partial charge in [-0.25, -0.2) is 0 Å². The summed E-state index contributed by atoms with van der Waals surface area (Å²) in [5.74, 6) is 0. The second-order valence-corrected chi connectivity index (χ2v) is 5.62. The third kappa shape index (κ3) is 3.90. The van der Waals surface area contributed by atoms with Crippen LogP contribution in [-0.4, -0.2) is 16.6 Å². The molecule has 0 radical (unpaired) electrons. The van der Waals surface area contributed by atoms with Crippen molar-refractivity contribution in [3.05, 3.63) is 75.3 Å². The molecule has 0 fully saturated rings. The molecule has 0 spiro atoms. The average molecular weight is 300 g/mol. The number of nitrogens with zero attached hydrogens (tertiary/aromatic N) is 1. The number of nitrogens with one attached hydrogen (secondary N) is 1. The largest absolute Gasteiger partial charge is 0.384 e. The lowest BCUT2D eigenvalue weighted by Crippen LogP contribution is -2.35. The zero-order chi connectivity index (χ0) is 16.2. The third-order valence-corrected chi connectivity index (χ3v) is 3.66. The molecule has 0 heterocycles. The van der Waals surface area contributed by atoms with E-state index in [0.29, 0.717) is 18.7 Å². The van der Waals surface area contributed by atoms with Crippen LogP contribution in [0.2, 0.25) is 0 Å². The van der Waals surface area contributed by atoms with Crippen LogP contribution in [0.4, 0.5) is 5.69 Å². The molecule has 1 unspecified atom stereocenters. The van der Waals surface area contributed by atoms with Crippen molar-refractivity contribution >= 4 is 5.69 Å². The first kappa shape index (κ1) is 16.1. The molecule has 0 amide bonds. The highest BCUT2D eigenvalue weighted by atomic mass is 16.6. The van der Waals surface area contributed by atoms with E-state index in [-0.39, 0.29) is 10.6 Å². The standard InChI is InChI=1S/C17H20N2O3/c1-13-8-9-14(10-16(13)19(21)22)11-18-12-17(2,20)15-6-4-3-5-7-15/h3-10,18,20H,11-12H2,1-2H3. The summed E-state index contributed by atoms with van der Waals surface area (Å²) in [5, 5.41) is 24.6. The highest BCUT2D eigenvalue weighted by Gasteiger charge is 2.22. The number of aliphatic hydroxyl groups is 1. The monoisotopic (exact) mass is 300 g/mol. The Morgan fingerprint density at radius 1 is 1.23 bits per heavy atom. The summed E-state index contributed by atoms with van der Waals surface area (Å²) in [7, 11) is 0. The Morgan fingerprint density at radius 3 is 2.55 bits per heavy atom. The van der Waals surface area contributed by atoms with Crippen molar-refractivity contribution in [3.8, 4) is 0 Å². The van der Waals surface area contributed by atoms with Gasteiger partial charge in [0, 0.05) is 24.7 Å². The van der Waals surface area contributed by atoms with Crippen LogP contribution in [0.5, 0.6) is 0 Å². The number of rotatable bonds is 6. The minimum atomic E-state index is -0.988. The topological polar surface area (TPSA) is 75.4 Å². The van der Waals surface area contributed by atoms with Crippen molar-refractivity contribution in [1.82, 2.24) is 5.32 Å². The van der Waals surface area contributed by atoms with Crippen LogP contribution in [0.15, 0.2) is 48.5 Å². The van der Waals surface area contributed by atoms with Crippen molar-refractivity contribution < 1.29 is 10.0 Å². The first-order valence-corrected chi connectivity index (χ1v) is 7.13. The van der Waals surface area contributed by atoms with E-state index in [1.165, 1.54) is 0 Å². The van der Waals surface area contributed by atoms with Crippen molar-refractivity contribution in [2.75, 3.05) is 6.54 Å². The maximum Gasteiger partial charge on any atom is 0.272 e. The molecule has 1 atom stereocenters. The predicted molar refractivity (Wildman–Crippen MR) is 85.6 cm³/mol. The van der Waals surface area contributed by atoms with Gasteiger partial charge in [-0.2, -0.15) is 0 Å². The number of nitro groups is 1. The quantitative estimate of drug-likeness (QED) is 0.635. The van der Waals surface area contributed by atoms with Crippen LogP contribution in [0.25, 0.3) is 0 Å². The number of benzene rings is 2. The van der Waals surface area contributed by atoms with Crippen molar-refractivity contribution in [1.29, 1.82) is 0 Å². The maximum atomic E-state index is 10.9. The van der Waals surface area contributed by atoms with Crippen LogP contribution in [0, 0.1) is 17.0 Å². The van der Waals surface area contributed by atoms with Gasteiger partial charge in [0.2, 0.25) is 0 Å². The highest BCUT2D eigenvalue weighted by molar-refractivity contribution is 5.42. The Bertz CT molecular complexity index is 654. The molecule has 22 heavy (non-hydrogen) atoms. The number of nitro benzene ring substituents is 1. The first-order chi connectivity index (χ1) is 10.4. The van der Waals surface area contributed by atoms with Crippen LogP contribution in [0.3, 0.4) is 0 Å². The Kier molecular flexibility index (Phi) is 4.90. The van der Waals surface area contributed by atoms with Gasteiger partial charge in [0.25, 0.3) is 5.69 Å². The summed E-state index contributed by atoms with van der Waals surface area (Å²) in [6, 6.07) is 14.6. The molecule has 5 nitrogen and oxygen atoms in total. The zero-order valence-electron chi connectivity index (χ0n) is 12.7. The van der Waals surface area contributed by atoms with Gasteiger partial charge in [-0.1, -0.05) is 42.5 Å². The average Bonchev–Trinajstić information content (AvgIpc) is 2.49. The van der Waals surface area contributed by atoms with E-state index in [1.54, 1.807) is 26.0 Å². The van der Waals surface area contributed by atoms with Gasteiger partial charge in [0.1, 0.15) is 0 Å². The molecule has 0 bridgehead atoms. The Balaban J connectivity index is 1.99. The van der Waals surface area contributed by atoms with Gasteiger partial charge in [0.15, 0.2) is 0 Å². The summed E-state index contributed by atoms with van der Waals surface area (Å²) in [5.41, 5.74) is 1.43. The molecule has 0 saturated carbocycles. The van der Waals surface area contributed by atoms with E-state index in [0.717, 1.165) is 11.1 Å². The van der Waals surface area contributed by atoms with Crippen molar-refractivity contribution in [2.24, 2.45) is 0 Å². The summed E-state index contributed by atoms with van der Waals surface area (Å²) < 4.78 is 0. The molecule has 0 aliphatic carbocycles. The molecule has 0 aliphatic heterocycles. The van der Waals surface area contributed by atoms with Gasteiger partial charge < -0.3 is 10.4 Å². The van der Waals surface area contributed by atoms with Gasteiger partial charge >= 0.3 is 0 Å². The molecule has 116 valence electrons. The molecule has 0 aromatic heterocycles. The van der Waals surface area contributed by atoms with E-state index in [4.69, 9.17) is 0 Å². The van der Waals surface area contributed by atoms with Crippen LogP contribution >= 0.6 is 0 Å². The van der Waals surface area contributed by atoms with Crippen LogP contribution < -0.4 is 5.32 Å². The van der Waals surface area contributed by atoms with Crippen molar-refractivity contribution in [3.63, 3.8) is 0 Å². The van der Waals surface area contributed by atoms with Gasteiger partial charge in [-0.3, -0.25) is 10.1 Å². The highest BCUT2D eigenvalue weighted by Crippen LogP contribution is 2.21. The first-order valence-electron chi connectivity index (χ1n) is 7.13. The maximum absolute atomic E-state index is 10.9. The number of aryl methyl sites for hydroxylation is 1. The van der Waals surface area contributed by atoms with Crippen LogP contribution in [0.1, 0.15) is 23.6 Å². The van der Waals surface area contributed by atoms with Gasteiger partial charge in [-0.15, -0.1) is 0 Å².